The van der Waals surface area contributed by atoms with Crippen LogP contribution < -0.4 is 0 Å². The predicted octanol–water partition coefficient (Wildman–Crippen LogP) is 6.08. The molecule has 0 atom stereocenters. The van der Waals surface area contributed by atoms with Gasteiger partial charge in [-0.15, -0.1) is 0 Å². The van der Waals surface area contributed by atoms with Crippen molar-refractivity contribution < 1.29 is 24.6 Å². The summed E-state index contributed by atoms with van der Waals surface area (Å²) in [6.07, 6.45) is 2.67. The van der Waals surface area contributed by atoms with Crippen LogP contribution >= 0.6 is 27.9 Å². The number of hydroxylamine groups is 2. The summed E-state index contributed by atoms with van der Waals surface area (Å²) in [6.45, 7) is 6.29. The number of nitrogens with zero attached hydrogens (tertiary/aromatic N) is 2. The molecule has 2 aromatic rings. The number of ether oxygens (including phenoxy) is 1. The predicted molar refractivity (Wildman–Crippen MR) is 117 cm³/mol. The zero-order chi connectivity index (χ0) is 20.9. The summed E-state index contributed by atoms with van der Waals surface area (Å²) in [5, 5.41) is 10.9. The maximum absolute atomic E-state index is 9.81. The molecule has 3 rings (SSSR count). The summed E-state index contributed by atoms with van der Waals surface area (Å²) in [5.74, 6) is 0.540. The molecule has 8 heteroatoms. The minimum atomic E-state index is -1.92. The molecular weight excluding hydrogens is 454 g/mol. The second kappa shape index (κ2) is 14.4. The third-order valence-corrected chi connectivity index (χ3v) is 3.88. The average molecular weight is 482 g/mol. The number of benzene rings is 2. The Hall–Kier alpha value is -0.586. The zero-order valence-corrected chi connectivity index (χ0v) is 20.2. The normalized spacial score (nSPS) is 13.0. The van der Waals surface area contributed by atoms with Gasteiger partial charge in [-0.2, -0.15) is 0 Å². The Balaban J connectivity index is 0.000000359. The molecule has 2 N–H and O–H groups in total. The van der Waals surface area contributed by atoms with Crippen LogP contribution in [0.5, 0.6) is 0 Å². The summed E-state index contributed by atoms with van der Waals surface area (Å²) >= 11 is -1.92. The Morgan fingerprint density at radius 1 is 0.964 bits per heavy atom. The van der Waals surface area contributed by atoms with Gasteiger partial charge in [-0.05, 0) is 25.0 Å². The maximum atomic E-state index is 9.81. The van der Waals surface area contributed by atoms with E-state index in [0.717, 1.165) is 40.7 Å². The number of para-hydroxylation sites is 1. The first kappa shape index (κ1) is 25.5. The topological polar surface area (TPSA) is 48.6 Å². The molecule has 1 fully saturated rings. The Bertz CT molecular complexity index is 694. The van der Waals surface area contributed by atoms with Crippen molar-refractivity contribution in [2.75, 3.05) is 20.3 Å². The summed E-state index contributed by atoms with van der Waals surface area (Å²) < 4.78 is 4.08. The van der Waals surface area contributed by atoms with Crippen LogP contribution in [-0.4, -0.2) is 41.1 Å². The van der Waals surface area contributed by atoms with Crippen molar-refractivity contribution in [2.45, 2.75) is 26.7 Å². The van der Waals surface area contributed by atoms with Gasteiger partial charge >= 0.3 is 42.6 Å². The van der Waals surface area contributed by atoms with Gasteiger partial charge in [0.1, 0.15) is 13.2 Å². The van der Waals surface area contributed by atoms with Crippen molar-refractivity contribution in [2.24, 2.45) is 4.99 Å². The Morgan fingerprint density at radius 2 is 1.46 bits per heavy atom. The van der Waals surface area contributed by atoms with Gasteiger partial charge < -0.3 is 4.74 Å². The van der Waals surface area contributed by atoms with E-state index in [4.69, 9.17) is 27.9 Å². The molecule has 1 aliphatic rings. The van der Waals surface area contributed by atoms with Crippen LogP contribution in [0.3, 0.4) is 0 Å². The van der Waals surface area contributed by atoms with E-state index < -0.39 is 14.7 Å². The van der Waals surface area contributed by atoms with Crippen molar-refractivity contribution in [3.63, 3.8) is 0 Å². The van der Waals surface area contributed by atoms with Gasteiger partial charge in [0.25, 0.3) is 0 Å². The monoisotopic (exact) mass is 480 g/mol. The molecule has 0 saturated carbocycles. The van der Waals surface area contributed by atoms with Crippen LogP contribution in [-0.2, 0) is 14.7 Å². The molecule has 0 radical (unpaired) electrons. The number of amidine groups is 1. The summed E-state index contributed by atoms with van der Waals surface area (Å²) in [5.41, 5.74) is 3.97. The van der Waals surface area contributed by atoms with Crippen LogP contribution in [0.25, 0.3) is 0 Å². The average Bonchev–Trinajstić information content (AvgIpc) is 3.21. The second-order valence-electron chi connectivity index (χ2n) is 6.16. The van der Waals surface area contributed by atoms with Crippen LogP contribution in [0.2, 0.25) is 0 Å². The van der Waals surface area contributed by atoms with Gasteiger partial charge in [0, 0.05) is 25.5 Å². The second-order valence-corrected chi connectivity index (χ2v) is 13.9. The fraction of sp³-hybridized carbons (Fsp3) is 0.350. The number of rotatable bonds is 2. The molecule has 2 aromatic carbocycles. The zero-order valence-electron chi connectivity index (χ0n) is 16.4. The molecule has 1 saturated heterocycles. The molecule has 4 nitrogen and oxygen atoms in total. The van der Waals surface area contributed by atoms with E-state index in [2.05, 4.69) is 9.73 Å². The Morgan fingerprint density at radius 3 is 1.86 bits per heavy atom. The van der Waals surface area contributed by atoms with E-state index in [1.807, 2.05) is 62.4 Å². The van der Waals surface area contributed by atoms with E-state index in [1.165, 1.54) is 12.8 Å². The van der Waals surface area contributed by atoms with E-state index in [9.17, 15) is 5.21 Å². The van der Waals surface area contributed by atoms with Gasteiger partial charge in [0.05, 0.1) is 5.69 Å². The number of aliphatic hydroxyl groups is 2. The van der Waals surface area contributed by atoms with Crippen molar-refractivity contribution in [3.8, 4) is 0 Å². The number of aryl methyl sites for hydroxylation is 2. The molecular formula is C20H27Cl3N2O2Ti+. The molecule has 0 aromatic heterocycles. The van der Waals surface area contributed by atoms with Crippen molar-refractivity contribution in [1.82, 2.24) is 5.06 Å². The van der Waals surface area contributed by atoms with E-state index >= 15 is 0 Å². The number of halogens is 3. The van der Waals surface area contributed by atoms with Crippen LogP contribution in [0.1, 0.15) is 29.5 Å². The SMILES string of the molecule is C1CC[OH+]C1.Cc1cccc(C)c1N=C(c1ccccc1)N(C)O.[Cl][Ti]([Cl])[Cl]. The van der Waals surface area contributed by atoms with Crippen LogP contribution in [0.15, 0.2) is 53.5 Å². The Labute approximate surface area is 185 Å². The first-order valence-corrected chi connectivity index (χ1v) is 15.4. The fourth-order valence-electron chi connectivity index (χ4n) is 2.56. The third-order valence-electron chi connectivity index (χ3n) is 3.88. The first-order valence-electron chi connectivity index (χ1n) is 8.92. The molecule has 153 valence electrons. The number of hydrogen-bond donors (Lipinski definition) is 1. The molecule has 0 aliphatic carbocycles. The molecule has 0 bridgehead atoms. The van der Waals surface area contributed by atoms with Crippen molar-refractivity contribution >= 4 is 39.4 Å². The van der Waals surface area contributed by atoms with E-state index in [-0.39, 0.29) is 0 Å². The molecule has 28 heavy (non-hydrogen) atoms. The standard InChI is InChI=1S/C16H18N2O.C4H8O.3ClH.Ti/c1-12-8-7-9-13(2)15(12)17-16(18(3)19)14-10-5-4-6-11-14;1-2-4-5-3-1;;;;/h4-11,19H,1-3H3;1-4H2;3*1H;/q;;;;;+3/p-2. The van der Waals surface area contributed by atoms with Gasteiger partial charge in [-0.3, -0.25) is 5.21 Å². The van der Waals surface area contributed by atoms with E-state index in [0.29, 0.717) is 5.84 Å². The molecule has 1 heterocycles. The Kier molecular flexibility index (Phi) is 13.1. The molecule has 0 unspecified atom stereocenters. The molecule has 0 amide bonds. The number of aliphatic imine (C=N–C) groups is 1. The molecule has 1 aliphatic heterocycles. The number of hydrogen-bond acceptors (Lipinski definition) is 2. The van der Waals surface area contributed by atoms with Crippen LogP contribution in [0.4, 0.5) is 5.69 Å². The van der Waals surface area contributed by atoms with Crippen molar-refractivity contribution in [3.05, 3.63) is 65.2 Å². The fourth-order valence-corrected chi connectivity index (χ4v) is 2.56. The van der Waals surface area contributed by atoms with Gasteiger partial charge in [-0.1, -0.05) is 48.5 Å². The summed E-state index contributed by atoms with van der Waals surface area (Å²) in [7, 11) is 16.5. The minimum absolute atomic E-state index is 0.540. The van der Waals surface area contributed by atoms with Crippen LogP contribution in [0, 0.1) is 13.8 Å². The first-order chi connectivity index (χ1) is 13.3. The molecule has 0 spiro atoms. The van der Waals surface area contributed by atoms with E-state index in [1.54, 1.807) is 7.05 Å². The third kappa shape index (κ3) is 10.3. The van der Waals surface area contributed by atoms with Gasteiger partial charge in [0.2, 0.25) is 0 Å². The summed E-state index contributed by atoms with van der Waals surface area (Å²) in [4.78, 5) is 4.62. The van der Waals surface area contributed by atoms with Gasteiger partial charge in [0.15, 0.2) is 5.84 Å². The summed E-state index contributed by atoms with van der Waals surface area (Å²) in [6, 6.07) is 15.7. The van der Waals surface area contributed by atoms with Crippen molar-refractivity contribution in [1.29, 1.82) is 0 Å². The quantitative estimate of drug-likeness (QED) is 0.186. The van der Waals surface area contributed by atoms with Gasteiger partial charge in [-0.25, -0.2) is 10.1 Å².